The van der Waals surface area contributed by atoms with Crippen LogP contribution >= 0.6 is 0 Å². The second-order valence-corrected chi connectivity index (χ2v) is 9.54. The summed E-state index contributed by atoms with van der Waals surface area (Å²) in [5, 5.41) is 2.89. The van der Waals surface area contributed by atoms with E-state index in [1.807, 2.05) is 35.2 Å². The van der Waals surface area contributed by atoms with Gasteiger partial charge in [0.15, 0.2) is 0 Å². The molecule has 1 spiro atoms. The van der Waals surface area contributed by atoms with E-state index >= 15 is 0 Å². The molecule has 2 aromatic carbocycles. The smallest absolute Gasteiger partial charge is 0.228 e. The molecule has 2 amide bonds. The lowest BCUT2D eigenvalue weighted by molar-refractivity contribution is -0.134. The maximum absolute atomic E-state index is 13.1. The van der Waals surface area contributed by atoms with Gasteiger partial charge in [-0.05, 0) is 54.2 Å². The first-order valence-corrected chi connectivity index (χ1v) is 11.2. The van der Waals surface area contributed by atoms with Crippen LogP contribution in [0.4, 0.5) is 0 Å². The molecule has 1 N–H and O–H groups in total. The molecule has 30 heavy (non-hydrogen) atoms. The Kier molecular flexibility index (Phi) is 4.68. The van der Waals surface area contributed by atoms with E-state index in [2.05, 4.69) is 29.6 Å². The van der Waals surface area contributed by atoms with Crippen molar-refractivity contribution in [3.63, 3.8) is 0 Å². The van der Waals surface area contributed by atoms with Gasteiger partial charge in [0.1, 0.15) is 0 Å². The van der Waals surface area contributed by atoms with Crippen molar-refractivity contribution in [2.24, 2.45) is 16.7 Å². The molecular formula is C26H30N2O2. The van der Waals surface area contributed by atoms with Gasteiger partial charge in [-0.1, -0.05) is 61.0 Å². The maximum Gasteiger partial charge on any atom is 0.228 e. The number of nitrogens with zero attached hydrogens (tertiary/aromatic N) is 1. The van der Waals surface area contributed by atoms with Crippen LogP contribution in [0.15, 0.2) is 54.6 Å². The highest BCUT2D eigenvalue weighted by Crippen LogP contribution is 2.66. The summed E-state index contributed by atoms with van der Waals surface area (Å²) < 4.78 is 0. The highest BCUT2D eigenvalue weighted by atomic mass is 16.2. The number of carbonyl (C=O) groups excluding carboxylic acids is 2. The third-order valence-electron chi connectivity index (χ3n) is 7.84. The summed E-state index contributed by atoms with van der Waals surface area (Å²) in [6.45, 7) is 1.22. The van der Waals surface area contributed by atoms with E-state index in [4.69, 9.17) is 0 Å². The molecule has 2 aliphatic carbocycles. The highest BCUT2D eigenvalue weighted by molar-refractivity contribution is 5.88. The van der Waals surface area contributed by atoms with Gasteiger partial charge in [-0.15, -0.1) is 0 Å². The predicted molar refractivity (Wildman–Crippen MR) is 118 cm³/mol. The average Bonchev–Trinajstić information content (AvgIpc) is 3.41. The van der Waals surface area contributed by atoms with Gasteiger partial charge in [-0.25, -0.2) is 0 Å². The Labute approximate surface area is 178 Å². The average molecular weight is 403 g/mol. The first-order valence-electron chi connectivity index (χ1n) is 11.2. The molecule has 4 heteroatoms. The second kappa shape index (κ2) is 7.26. The summed E-state index contributed by atoms with van der Waals surface area (Å²) in [4.78, 5) is 28.2. The molecule has 2 saturated carbocycles. The van der Waals surface area contributed by atoms with Crippen LogP contribution in [-0.2, 0) is 16.0 Å². The van der Waals surface area contributed by atoms with E-state index in [9.17, 15) is 9.59 Å². The molecule has 1 aliphatic heterocycles. The topological polar surface area (TPSA) is 49.4 Å². The zero-order chi connectivity index (χ0) is 20.8. The summed E-state index contributed by atoms with van der Waals surface area (Å²) in [6.07, 6.45) is 6.12. The van der Waals surface area contributed by atoms with Crippen molar-refractivity contribution >= 4 is 11.8 Å². The number of benzene rings is 2. The SMILES string of the molecule is CNC(=O)C1(Cc2ccccc2-c2ccccc2)CCN(C(=O)C2CC23CCC3)C1. The lowest BCUT2D eigenvalue weighted by atomic mass is 9.78. The Morgan fingerprint density at radius 2 is 1.77 bits per heavy atom. The molecular weight excluding hydrogens is 372 g/mol. The third kappa shape index (κ3) is 3.13. The van der Waals surface area contributed by atoms with Crippen LogP contribution in [0.2, 0.25) is 0 Å². The lowest BCUT2D eigenvalue weighted by Gasteiger charge is -2.30. The van der Waals surface area contributed by atoms with Crippen molar-refractivity contribution in [1.29, 1.82) is 0 Å². The lowest BCUT2D eigenvalue weighted by Crippen LogP contribution is -2.44. The van der Waals surface area contributed by atoms with Crippen molar-refractivity contribution in [2.75, 3.05) is 20.1 Å². The van der Waals surface area contributed by atoms with Gasteiger partial charge in [0.25, 0.3) is 0 Å². The number of carbonyl (C=O) groups is 2. The molecule has 2 atom stereocenters. The Balaban J connectivity index is 1.40. The van der Waals surface area contributed by atoms with Crippen LogP contribution in [0.3, 0.4) is 0 Å². The zero-order valence-electron chi connectivity index (χ0n) is 17.7. The standard InChI is InChI=1S/C26H30N2O2/c1-27-24(30)26(14-15-28(18-26)23(29)22-17-25(22)12-7-13-25)16-20-10-5-6-11-21(20)19-8-3-2-4-9-19/h2-6,8-11,22H,7,12-18H2,1H3,(H,27,30). The molecule has 4 nitrogen and oxygen atoms in total. The van der Waals surface area contributed by atoms with Crippen molar-refractivity contribution in [2.45, 2.75) is 38.5 Å². The Hall–Kier alpha value is -2.62. The van der Waals surface area contributed by atoms with E-state index in [0.717, 1.165) is 18.4 Å². The highest BCUT2D eigenvalue weighted by Gasteiger charge is 2.62. The van der Waals surface area contributed by atoms with E-state index in [0.29, 0.717) is 24.9 Å². The summed E-state index contributed by atoms with van der Waals surface area (Å²) >= 11 is 0. The molecule has 2 unspecified atom stereocenters. The molecule has 156 valence electrons. The Morgan fingerprint density at radius 1 is 1.03 bits per heavy atom. The first-order chi connectivity index (χ1) is 14.6. The Morgan fingerprint density at radius 3 is 2.43 bits per heavy atom. The van der Waals surface area contributed by atoms with Gasteiger partial charge in [-0.3, -0.25) is 9.59 Å². The zero-order valence-corrected chi connectivity index (χ0v) is 17.7. The maximum atomic E-state index is 13.1. The van der Waals surface area contributed by atoms with Crippen LogP contribution in [0.5, 0.6) is 0 Å². The summed E-state index contributed by atoms with van der Waals surface area (Å²) in [5.74, 6) is 0.551. The minimum Gasteiger partial charge on any atom is -0.359 e. The fourth-order valence-corrected chi connectivity index (χ4v) is 5.77. The largest absolute Gasteiger partial charge is 0.359 e. The molecule has 0 aromatic heterocycles. The number of hydrogen-bond acceptors (Lipinski definition) is 2. The molecule has 2 aromatic rings. The van der Waals surface area contributed by atoms with Gasteiger partial charge in [0.2, 0.25) is 11.8 Å². The van der Waals surface area contributed by atoms with Crippen molar-refractivity contribution in [3.8, 4) is 11.1 Å². The van der Waals surface area contributed by atoms with Gasteiger partial charge in [0, 0.05) is 26.1 Å². The van der Waals surface area contributed by atoms with Crippen LogP contribution in [0.25, 0.3) is 11.1 Å². The quantitative estimate of drug-likeness (QED) is 0.820. The van der Waals surface area contributed by atoms with Gasteiger partial charge >= 0.3 is 0 Å². The van der Waals surface area contributed by atoms with Crippen molar-refractivity contribution < 1.29 is 9.59 Å². The monoisotopic (exact) mass is 402 g/mol. The number of rotatable bonds is 5. The molecule has 3 aliphatic rings. The second-order valence-electron chi connectivity index (χ2n) is 9.54. The molecule has 1 heterocycles. The first kappa shape index (κ1) is 19.3. The molecule has 0 radical (unpaired) electrons. The van der Waals surface area contributed by atoms with Crippen molar-refractivity contribution in [1.82, 2.24) is 10.2 Å². The number of likely N-dealkylation sites (tertiary alicyclic amines) is 1. The number of nitrogens with one attached hydrogen (secondary N) is 1. The van der Waals surface area contributed by atoms with E-state index in [1.54, 1.807) is 7.05 Å². The van der Waals surface area contributed by atoms with E-state index in [1.165, 1.54) is 30.4 Å². The third-order valence-corrected chi connectivity index (χ3v) is 7.84. The van der Waals surface area contributed by atoms with E-state index < -0.39 is 5.41 Å². The molecule has 1 saturated heterocycles. The normalized spacial score (nSPS) is 26.3. The van der Waals surface area contributed by atoms with Crippen LogP contribution < -0.4 is 5.32 Å². The summed E-state index contributed by atoms with van der Waals surface area (Å²) in [7, 11) is 1.71. The molecule has 5 rings (SSSR count). The predicted octanol–water partition coefficient (Wildman–Crippen LogP) is 4.05. The molecule has 3 fully saturated rings. The fourth-order valence-electron chi connectivity index (χ4n) is 5.77. The van der Waals surface area contributed by atoms with Crippen LogP contribution in [0.1, 0.15) is 37.7 Å². The van der Waals surface area contributed by atoms with E-state index in [-0.39, 0.29) is 17.7 Å². The number of hydrogen-bond donors (Lipinski definition) is 1. The summed E-state index contributed by atoms with van der Waals surface area (Å²) in [5.41, 5.74) is 3.27. The summed E-state index contributed by atoms with van der Waals surface area (Å²) in [6, 6.07) is 18.7. The Bertz CT molecular complexity index is 966. The fraction of sp³-hybridized carbons (Fsp3) is 0.462. The molecule has 0 bridgehead atoms. The van der Waals surface area contributed by atoms with Crippen LogP contribution in [-0.4, -0.2) is 36.9 Å². The van der Waals surface area contributed by atoms with Gasteiger partial charge < -0.3 is 10.2 Å². The van der Waals surface area contributed by atoms with Gasteiger partial charge in [-0.2, -0.15) is 0 Å². The van der Waals surface area contributed by atoms with Gasteiger partial charge in [0.05, 0.1) is 5.41 Å². The van der Waals surface area contributed by atoms with Crippen molar-refractivity contribution in [3.05, 3.63) is 60.2 Å². The minimum atomic E-state index is -0.559. The minimum absolute atomic E-state index is 0.0508. The van der Waals surface area contributed by atoms with Crippen LogP contribution in [0, 0.1) is 16.7 Å². The number of amides is 2.